The van der Waals surface area contributed by atoms with Gasteiger partial charge in [0.05, 0.1) is 54.7 Å². The molecule has 1 saturated heterocycles. The summed E-state index contributed by atoms with van der Waals surface area (Å²) in [5, 5.41) is 4.05. The number of carbonyl (C=O) groups is 4. The molecule has 13 rings (SSSR count). The fraction of sp³-hybridized carbons (Fsp3) is 0.316. The monoisotopic (exact) mass is 1760 g/mol. The molecular formula is C76H72BrCl8IN5NaO8S2. The molecule has 5 atom stereocenters. The van der Waals surface area contributed by atoms with Gasteiger partial charge in [0, 0.05) is 92.4 Å². The van der Waals surface area contributed by atoms with Crippen molar-refractivity contribution in [1.82, 2.24) is 23.9 Å². The maximum atomic E-state index is 13.2. The third-order valence-electron chi connectivity index (χ3n) is 19.4. The molecule has 532 valence electrons. The minimum atomic E-state index is -3.51. The smallest absolute Gasteiger partial charge is 0.768 e. The number of hydrogen-bond acceptors (Lipinski definition) is 8. The molecule has 5 heterocycles. The molecule has 4 amide bonds. The zero-order valence-corrected chi connectivity index (χ0v) is 70.0. The summed E-state index contributed by atoms with van der Waals surface area (Å²) < 4.78 is 53.1. The Morgan fingerprint density at radius 1 is 0.431 bits per heavy atom. The van der Waals surface area contributed by atoms with Crippen LogP contribution < -0.4 is 29.6 Å². The van der Waals surface area contributed by atoms with Crippen LogP contribution in [-0.4, -0.2) is 104 Å². The first-order chi connectivity index (χ1) is 48.2. The minimum absolute atomic E-state index is 0. The Bertz CT molecular complexity index is 4410. The first-order valence-corrected chi connectivity index (χ1v) is 40.4. The third-order valence-corrected chi connectivity index (χ3v) is 26.7. The van der Waals surface area contributed by atoms with Crippen LogP contribution >= 0.6 is 131 Å². The zero-order valence-electron chi connectivity index (χ0n) is 56.6. The van der Waals surface area contributed by atoms with Crippen LogP contribution in [0.15, 0.2) is 160 Å². The van der Waals surface area contributed by atoms with Crippen molar-refractivity contribution < 1.29 is 65.9 Å². The van der Waals surface area contributed by atoms with E-state index in [1.54, 1.807) is 111 Å². The SMILES string of the molecule is C[C@H]1c2cccc(Br)c2CCN1C(=O)Cc1c(Cl)cccc1Cl.C[C@H]1c2cccc(I)c2CCN1C(=O)Cc1c(Cl)cccc1Cl.C[C@H]1c2cccc(S(=O)(=O)N3CCCC3)c2CCN1C(=O)Cc1c(Cl)cccc1Cl.C[C@H]1c2cccc(S(=O)[O-])c2CCN1C(=O)Cc1c(Cl)cccc1Cl.[Na+]. The normalized spacial score (nSPS) is 17.9. The minimum Gasteiger partial charge on any atom is -0.768 e. The second-order valence-corrected chi connectivity index (χ2v) is 33.3. The van der Waals surface area contributed by atoms with E-state index in [0.717, 1.165) is 59.0 Å². The molecule has 0 N–H and O–H groups in total. The van der Waals surface area contributed by atoms with Crippen molar-refractivity contribution in [1.29, 1.82) is 0 Å². The Labute approximate surface area is 684 Å². The van der Waals surface area contributed by atoms with E-state index < -0.39 is 21.1 Å². The first-order valence-electron chi connectivity index (χ1n) is 32.9. The van der Waals surface area contributed by atoms with E-state index in [1.807, 2.05) is 47.9 Å². The van der Waals surface area contributed by atoms with Crippen LogP contribution in [0.1, 0.15) is 131 Å². The van der Waals surface area contributed by atoms with Crippen LogP contribution in [0.2, 0.25) is 40.2 Å². The van der Waals surface area contributed by atoms with Gasteiger partial charge in [-0.15, -0.1) is 0 Å². The van der Waals surface area contributed by atoms with Crippen molar-refractivity contribution in [2.24, 2.45) is 0 Å². The molecule has 5 aliphatic heterocycles. The topological polar surface area (TPSA) is 159 Å². The molecule has 8 aromatic rings. The number of carbonyl (C=O) groups excluding carboxylic acids is 4. The Kier molecular flexibility index (Phi) is 29.7. The molecule has 8 aromatic carbocycles. The van der Waals surface area contributed by atoms with Crippen LogP contribution in [0.25, 0.3) is 0 Å². The molecule has 0 aliphatic carbocycles. The van der Waals surface area contributed by atoms with Gasteiger partial charge < -0.3 is 24.2 Å². The average Bonchev–Trinajstić information content (AvgIpc) is 1.12. The number of hydrogen-bond donors (Lipinski definition) is 0. The summed E-state index contributed by atoms with van der Waals surface area (Å²) in [4.78, 5) is 59.5. The number of halogens is 10. The molecular weight excluding hydrogens is 1690 g/mol. The average molecular weight is 1760 g/mol. The molecule has 1 fully saturated rings. The van der Waals surface area contributed by atoms with Crippen molar-refractivity contribution in [3.05, 3.63) is 261 Å². The van der Waals surface area contributed by atoms with Crippen LogP contribution in [0.3, 0.4) is 0 Å². The second-order valence-electron chi connectivity index (χ2n) is 25.2. The van der Waals surface area contributed by atoms with Gasteiger partial charge in [0.1, 0.15) is 0 Å². The van der Waals surface area contributed by atoms with E-state index in [2.05, 4.69) is 76.6 Å². The van der Waals surface area contributed by atoms with Crippen molar-refractivity contribution in [3.8, 4) is 0 Å². The van der Waals surface area contributed by atoms with Gasteiger partial charge in [-0.2, -0.15) is 4.31 Å². The van der Waals surface area contributed by atoms with Gasteiger partial charge in [-0.05, 0) is 239 Å². The van der Waals surface area contributed by atoms with E-state index in [1.165, 1.54) is 25.8 Å². The van der Waals surface area contributed by atoms with Gasteiger partial charge in [-0.25, -0.2) is 8.42 Å². The number of rotatable bonds is 11. The maximum absolute atomic E-state index is 13.2. The van der Waals surface area contributed by atoms with Gasteiger partial charge in [0.15, 0.2) is 0 Å². The maximum Gasteiger partial charge on any atom is 1.00 e. The number of benzene rings is 8. The van der Waals surface area contributed by atoms with Gasteiger partial charge >= 0.3 is 29.6 Å². The van der Waals surface area contributed by atoms with Gasteiger partial charge in [0.25, 0.3) is 0 Å². The second kappa shape index (κ2) is 36.9. The van der Waals surface area contributed by atoms with Crippen molar-refractivity contribution in [2.75, 3.05) is 39.3 Å². The third kappa shape index (κ3) is 18.8. The molecule has 0 bridgehead atoms. The molecule has 0 saturated carbocycles. The van der Waals surface area contributed by atoms with E-state index >= 15 is 0 Å². The van der Waals surface area contributed by atoms with E-state index in [9.17, 15) is 36.4 Å². The molecule has 0 aromatic heterocycles. The predicted octanol–water partition coefficient (Wildman–Crippen LogP) is 16.1. The van der Waals surface area contributed by atoms with Gasteiger partial charge in [-0.1, -0.05) is 182 Å². The number of amides is 4. The number of fused-ring (bicyclic) bond motifs is 4. The molecule has 1 unspecified atom stereocenters. The Morgan fingerprint density at radius 2 is 0.716 bits per heavy atom. The largest absolute Gasteiger partial charge is 1.00 e. The summed E-state index contributed by atoms with van der Waals surface area (Å²) in [5.74, 6) is -0.0344. The molecule has 26 heteroatoms. The standard InChI is InChI=1S/C22H24Cl2N2O3S.C18H16BrCl2NO.C18H16Cl2INO.C18H17Cl2NO3S.Na/c1-15-16-6-4-9-21(30(28,29)25-11-2-3-12-25)17(16)10-13-26(15)22(27)14-18-19(23)7-5-8-20(18)24;1-11-12-4-2-5-15(19)13(12)8-9-22(11)18(23)10-14-16(20)6-3-7-17(14)21;1-11-12-4-2-7-17(21)13(12)8-9-22(11)18(23)10-14-15(19)5-3-6-16(14)20;1-11-12-4-2-7-17(25(23)24)13(12)8-9-21(11)18(22)10-14-15(19)5-3-6-16(14)20;/h4-9,15H,2-3,10-14H2,1H3;2*2-7,11H,8-10H2,1H3;2-7,11H,8-10H2,1H3,(H,23,24);/q;;;;+1/p-1/t15-;3*11-;/m0000./s1. The number of nitrogens with zero attached hydrogens (tertiary/aromatic N) is 5. The molecule has 13 nitrogen and oxygen atoms in total. The summed E-state index contributed by atoms with van der Waals surface area (Å²) in [6.45, 7) is 11.5. The van der Waals surface area contributed by atoms with Crippen molar-refractivity contribution >= 4 is 176 Å². The van der Waals surface area contributed by atoms with Crippen molar-refractivity contribution in [3.63, 3.8) is 0 Å². The quantitative estimate of drug-likeness (QED) is 0.0703. The van der Waals surface area contributed by atoms with Crippen molar-refractivity contribution in [2.45, 2.75) is 126 Å². The fourth-order valence-corrected chi connectivity index (χ4v) is 19.9. The van der Waals surface area contributed by atoms with Crippen LogP contribution in [0.4, 0.5) is 0 Å². The molecule has 0 radical (unpaired) electrons. The van der Waals surface area contributed by atoms with Crippen LogP contribution in [-0.2, 0) is 91.6 Å². The summed E-state index contributed by atoms with van der Waals surface area (Å²) >= 11 is 53.3. The summed E-state index contributed by atoms with van der Waals surface area (Å²) in [6.07, 6.45) is 5.25. The Balaban J connectivity index is 0.000000159. The number of sulfonamides is 1. The van der Waals surface area contributed by atoms with E-state index in [4.69, 9.17) is 92.8 Å². The first kappa shape index (κ1) is 82.3. The Hall–Kier alpha value is -3.81. The fourth-order valence-electron chi connectivity index (χ4n) is 14.0. The summed E-state index contributed by atoms with van der Waals surface area (Å²) in [7, 11) is -3.51. The Morgan fingerprint density at radius 3 is 1.09 bits per heavy atom. The van der Waals surface area contributed by atoms with E-state index in [-0.39, 0.29) is 103 Å². The molecule has 0 spiro atoms. The van der Waals surface area contributed by atoms with Gasteiger partial charge in [-0.3, -0.25) is 23.4 Å². The predicted molar refractivity (Wildman–Crippen MR) is 417 cm³/mol. The van der Waals surface area contributed by atoms with E-state index in [0.29, 0.717) is 118 Å². The zero-order chi connectivity index (χ0) is 72.7. The van der Waals surface area contributed by atoms with Crippen LogP contribution in [0.5, 0.6) is 0 Å². The summed E-state index contributed by atoms with van der Waals surface area (Å²) in [6, 6.07) is 43.7. The summed E-state index contributed by atoms with van der Waals surface area (Å²) in [5.41, 5.74) is 11.1. The molecule has 5 aliphatic rings. The molecule has 102 heavy (non-hydrogen) atoms. The van der Waals surface area contributed by atoms with Gasteiger partial charge in [0.2, 0.25) is 33.7 Å². The van der Waals surface area contributed by atoms with Crippen LogP contribution in [0, 0.1) is 3.57 Å².